The van der Waals surface area contributed by atoms with Gasteiger partial charge in [0.15, 0.2) is 5.65 Å². The number of nitrogens with one attached hydrogen (secondary N) is 1. The summed E-state index contributed by atoms with van der Waals surface area (Å²) in [6, 6.07) is 15.5. The summed E-state index contributed by atoms with van der Waals surface area (Å²) in [5, 5.41) is 3.75. The lowest BCUT2D eigenvalue weighted by atomic mass is 10.1. The molecule has 0 bridgehead atoms. The summed E-state index contributed by atoms with van der Waals surface area (Å²) >= 11 is 0. The largest absolute Gasteiger partial charge is 0.427 e. The van der Waals surface area contributed by atoms with Crippen molar-refractivity contribution in [2.75, 3.05) is 11.1 Å². The van der Waals surface area contributed by atoms with Crippen LogP contribution < -0.4 is 15.8 Å². The van der Waals surface area contributed by atoms with Crippen LogP contribution >= 0.6 is 0 Å². The van der Waals surface area contributed by atoms with Crippen molar-refractivity contribution in [1.29, 1.82) is 0 Å². The van der Waals surface area contributed by atoms with Crippen molar-refractivity contribution in [3.8, 4) is 5.75 Å². The van der Waals surface area contributed by atoms with Gasteiger partial charge in [-0.2, -0.15) is 8.78 Å². The summed E-state index contributed by atoms with van der Waals surface area (Å²) in [7, 11) is 0. The topological polar surface area (TPSA) is 86.0 Å². The van der Waals surface area contributed by atoms with Gasteiger partial charge in [-0.1, -0.05) is 26.0 Å². The lowest BCUT2D eigenvalue weighted by Gasteiger charge is -2.21. The van der Waals surface area contributed by atoms with Crippen LogP contribution in [0.1, 0.15) is 31.0 Å². The number of fused-ring (bicyclic) bond motifs is 1. The predicted molar refractivity (Wildman–Crippen MR) is 117 cm³/mol. The highest BCUT2D eigenvalue weighted by atomic mass is 19.3. The van der Waals surface area contributed by atoms with Gasteiger partial charge < -0.3 is 15.8 Å². The van der Waals surface area contributed by atoms with Crippen LogP contribution in [0.5, 0.6) is 5.75 Å². The number of nitrogens with zero attached hydrogens (tertiary/aromatic N) is 3. The number of hydrogen-bond donors (Lipinski definition) is 2. The Kier molecular flexibility index (Phi) is 5.37. The number of rotatable bonds is 6. The second-order valence-electron chi connectivity index (χ2n) is 7.35. The minimum Gasteiger partial charge on any atom is -0.427 e. The highest BCUT2D eigenvalue weighted by molar-refractivity contribution is 5.89. The van der Waals surface area contributed by atoms with E-state index in [1.165, 1.54) is 36.7 Å². The normalized spacial score (nSPS) is 11.6. The molecular weight excluding hydrogens is 400 g/mol. The zero-order valence-electron chi connectivity index (χ0n) is 17.0. The van der Waals surface area contributed by atoms with Gasteiger partial charge in [-0.15, -0.1) is 0 Å². The Balaban J connectivity index is 1.66. The number of nitrogen functional groups attached to an aromatic ring is 1. The maximum absolute atomic E-state index is 14.7. The summed E-state index contributed by atoms with van der Waals surface area (Å²) in [5.41, 5.74) is 7.46. The molecule has 0 aliphatic carbocycles. The fourth-order valence-corrected chi connectivity index (χ4v) is 3.04. The average Bonchev–Trinajstić information content (AvgIpc) is 2.75. The number of anilines is 3. The van der Waals surface area contributed by atoms with E-state index in [0.29, 0.717) is 28.2 Å². The first-order valence-electron chi connectivity index (χ1n) is 9.74. The van der Waals surface area contributed by atoms with Crippen molar-refractivity contribution in [2.24, 2.45) is 0 Å². The summed E-state index contributed by atoms with van der Waals surface area (Å²) < 4.78 is 34.6. The monoisotopic (exact) mass is 421 g/mol. The number of nitrogens with two attached hydrogens (primary N) is 1. The molecule has 2 aromatic carbocycles. The Morgan fingerprint density at radius 2 is 1.71 bits per heavy atom. The first kappa shape index (κ1) is 20.5. The molecule has 0 radical (unpaired) electrons. The zero-order chi connectivity index (χ0) is 22.0. The quantitative estimate of drug-likeness (QED) is 0.394. The molecule has 4 rings (SSSR count). The van der Waals surface area contributed by atoms with Crippen molar-refractivity contribution in [2.45, 2.75) is 25.9 Å². The van der Waals surface area contributed by atoms with Gasteiger partial charge in [0.1, 0.15) is 17.9 Å². The van der Waals surface area contributed by atoms with Gasteiger partial charge in [0.25, 0.3) is 0 Å². The minimum atomic E-state index is -3.55. The van der Waals surface area contributed by atoms with Crippen molar-refractivity contribution in [1.82, 2.24) is 15.0 Å². The first-order chi connectivity index (χ1) is 14.8. The van der Waals surface area contributed by atoms with E-state index in [2.05, 4.69) is 20.3 Å². The number of para-hydroxylation sites is 2. The van der Waals surface area contributed by atoms with Crippen LogP contribution in [0.3, 0.4) is 0 Å². The summed E-state index contributed by atoms with van der Waals surface area (Å²) in [4.78, 5) is 13.0. The third kappa shape index (κ3) is 4.37. The maximum atomic E-state index is 14.7. The van der Waals surface area contributed by atoms with Crippen molar-refractivity contribution in [3.05, 3.63) is 78.2 Å². The highest BCUT2D eigenvalue weighted by Crippen LogP contribution is 2.37. The highest BCUT2D eigenvalue weighted by Gasteiger charge is 2.35. The van der Waals surface area contributed by atoms with Crippen molar-refractivity contribution in [3.63, 3.8) is 0 Å². The molecule has 0 fully saturated rings. The molecule has 0 amide bonds. The molecule has 158 valence electrons. The Morgan fingerprint density at radius 1 is 0.968 bits per heavy atom. The van der Waals surface area contributed by atoms with E-state index in [1.54, 1.807) is 18.2 Å². The van der Waals surface area contributed by atoms with E-state index in [-0.39, 0.29) is 17.2 Å². The molecular formula is C23H21F2N5O. The number of hydrogen-bond acceptors (Lipinski definition) is 6. The molecule has 31 heavy (non-hydrogen) atoms. The summed E-state index contributed by atoms with van der Waals surface area (Å²) in [6.07, 6.45) is -2.17. The number of aromatic nitrogens is 3. The Hall–Kier alpha value is -3.81. The van der Waals surface area contributed by atoms with Crippen LogP contribution in [-0.2, 0) is 6.11 Å². The zero-order valence-corrected chi connectivity index (χ0v) is 17.0. The molecule has 0 spiro atoms. The minimum absolute atomic E-state index is 0.0251. The Labute approximate surface area is 178 Å². The fraction of sp³-hybridized carbons (Fsp3) is 0.174. The van der Waals surface area contributed by atoms with Crippen LogP contribution in [-0.4, -0.2) is 15.0 Å². The van der Waals surface area contributed by atoms with Crippen LogP contribution in [0.2, 0.25) is 0 Å². The molecule has 0 saturated heterocycles. The second kappa shape index (κ2) is 8.14. The van der Waals surface area contributed by atoms with Gasteiger partial charge in [-0.05, 0) is 54.4 Å². The van der Waals surface area contributed by atoms with Crippen LogP contribution in [0.15, 0.2) is 67.0 Å². The van der Waals surface area contributed by atoms with Crippen LogP contribution in [0.4, 0.5) is 26.0 Å². The molecule has 0 saturated carbocycles. The van der Waals surface area contributed by atoms with Gasteiger partial charge in [-0.3, -0.25) is 0 Å². The van der Waals surface area contributed by atoms with E-state index in [4.69, 9.17) is 10.5 Å². The number of pyridine rings is 1. The van der Waals surface area contributed by atoms with E-state index in [9.17, 15) is 8.78 Å². The van der Waals surface area contributed by atoms with Gasteiger partial charge in [0, 0.05) is 11.4 Å². The van der Waals surface area contributed by atoms with E-state index in [1.807, 2.05) is 26.0 Å². The molecule has 0 unspecified atom stereocenters. The lowest BCUT2D eigenvalue weighted by Crippen LogP contribution is -2.22. The molecule has 2 heterocycles. The average molecular weight is 421 g/mol. The molecule has 2 aromatic heterocycles. The van der Waals surface area contributed by atoms with E-state index >= 15 is 0 Å². The number of ether oxygens (including phenoxy) is 1. The smallest absolute Gasteiger partial charge is 0.426 e. The molecule has 6 nitrogen and oxygen atoms in total. The van der Waals surface area contributed by atoms with E-state index in [0.717, 1.165) is 5.69 Å². The molecule has 0 aliphatic rings. The predicted octanol–water partition coefficient (Wildman–Crippen LogP) is 5.60. The molecule has 4 aromatic rings. The third-order valence-electron chi connectivity index (χ3n) is 4.74. The van der Waals surface area contributed by atoms with Gasteiger partial charge >= 0.3 is 6.11 Å². The van der Waals surface area contributed by atoms with E-state index < -0.39 is 6.11 Å². The van der Waals surface area contributed by atoms with Crippen LogP contribution in [0.25, 0.3) is 11.0 Å². The Bertz CT molecular complexity index is 1210. The molecule has 3 N–H and O–H groups in total. The molecule has 8 heteroatoms. The molecule has 0 aliphatic heterocycles. The second-order valence-corrected chi connectivity index (χ2v) is 7.35. The van der Waals surface area contributed by atoms with Crippen molar-refractivity contribution < 1.29 is 13.5 Å². The summed E-state index contributed by atoms with van der Waals surface area (Å²) in [6.45, 7) is 4.09. The first-order valence-corrected chi connectivity index (χ1v) is 9.74. The number of halogens is 2. The fourth-order valence-electron chi connectivity index (χ4n) is 3.04. The maximum Gasteiger partial charge on any atom is 0.426 e. The van der Waals surface area contributed by atoms with Gasteiger partial charge in [0.2, 0.25) is 0 Å². The van der Waals surface area contributed by atoms with Crippen molar-refractivity contribution >= 4 is 28.2 Å². The lowest BCUT2D eigenvalue weighted by molar-refractivity contribution is -0.185. The third-order valence-corrected chi connectivity index (χ3v) is 4.74. The number of benzene rings is 2. The molecule has 0 atom stereocenters. The standard InChI is InChI=1S/C23H21F2N5O/c1-14(2)18-12-11-17-21(29-18)27-13-28-22(17)30-19-5-3-4-6-20(19)31-23(24,25)15-7-9-16(26)10-8-15/h3-14H,26H2,1-2H3,(H,27,28,29,30). The number of alkyl halides is 2. The Morgan fingerprint density at radius 3 is 2.45 bits per heavy atom. The van der Waals surface area contributed by atoms with Gasteiger partial charge in [0.05, 0.1) is 16.6 Å². The van der Waals surface area contributed by atoms with Crippen LogP contribution in [0, 0.1) is 0 Å². The SMILES string of the molecule is CC(C)c1ccc2c(Nc3ccccc3OC(F)(F)c3ccc(N)cc3)ncnc2n1. The summed E-state index contributed by atoms with van der Waals surface area (Å²) in [5.74, 6) is 0.669. The van der Waals surface area contributed by atoms with Gasteiger partial charge in [-0.25, -0.2) is 15.0 Å².